The van der Waals surface area contributed by atoms with Crippen molar-refractivity contribution in [3.8, 4) is 0 Å². The van der Waals surface area contributed by atoms with Crippen LogP contribution in [0.5, 0.6) is 0 Å². The minimum Gasteiger partial charge on any atom is -0.375 e. The van der Waals surface area contributed by atoms with Crippen LogP contribution in [-0.4, -0.2) is 29.6 Å². The zero-order chi connectivity index (χ0) is 11.5. The number of imidazole rings is 1. The molecule has 0 atom stereocenters. The van der Waals surface area contributed by atoms with Crippen LogP contribution in [0.2, 0.25) is 0 Å². The number of methoxy groups -OCH3 is 1. The van der Waals surface area contributed by atoms with Crippen molar-refractivity contribution in [1.82, 2.24) is 9.97 Å². The van der Waals surface area contributed by atoms with E-state index in [-0.39, 0.29) is 18.2 Å². The van der Waals surface area contributed by atoms with E-state index >= 15 is 0 Å². The van der Waals surface area contributed by atoms with Crippen molar-refractivity contribution >= 4 is 22.6 Å². The van der Waals surface area contributed by atoms with Crippen molar-refractivity contribution in [2.45, 2.75) is 0 Å². The van der Waals surface area contributed by atoms with Gasteiger partial charge >= 0.3 is 5.69 Å². The summed E-state index contributed by atoms with van der Waals surface area (Å²) in [4.78, 5) is 27.5. The average molecular weight is 221 g/mol. The van der Waals surface area contributed by atoms with Crippen LogP contribution in [0.3, 0.4) is 0 Å². The number of aromatic nitrogens is 2. The maximum absolute atomic E-state index is 11.2. The molecular weight excluding hydrogens is 210 g/mol. The van der Waals surface area contributed by atoms with Gasteiger partial charge in [0.1, 0.15) is 6.61 Å². The van der Waals surface area contributed by atoms with Gasteiger partial charge in [0.15, 0.2) is 0 Å². The lowest BCUT2D eigenvalue weighted by Gasteiger charge is -2.03. The van der Waals surface area contributed by atoms with E-state index in [1.807, 2.05) is 0 Å². The van der Waals surface area contributed by atoms with Gasteiger partial charge in [0, 0.05) is 12.8 Å². The third kappa shape index (κ3) is 2.12. The highest BCUT2D eigenvalue weighted by Crippen LogP contribution is 2.14. The van der Waals surface area contributed by atoms with Gasteiger partial charge in [-0.3, -0.25) is 4.79 Å². The summed E-state index contributed by atoms with van der Waals surface area (Å²) in [6.07, 6.45) is 0. The average Bonchev–Trinajstić information content (AvgIpc) is 2.57. The molecule has 0 fully saturated rings. The van der Waals surface area contributed by atoms with Crippen LogP contribution in [0.15, 0.2) is 23.0 Å². The first-order valence-corrected chi connectivity index (χ1v) is 4.70. The summed E-state index contributed by atoms with van der Waals surface area (Å²) < 4.78 is 4.69. The van der Waals surface area contributed by atoms with Crippen molar-refractivity contribution in [3.63, 3.8) is 0 Å². The highest BCUT2D eigenvalue weighted by atomic mass is 16.5. The first-order chi connectivity index (χ1) is 7.69. The quantitative estimate of drug-likeness (QED) is 0.702. The summed E-state index contributed by atoms with van der Waals surface area (Å²) in [5.74, 6) is -0.236. The lowest BCUT2D eigenvalue weighted by Crippen LogP contribution is -2.16. The first kappa shape index (κ1) is 10.4. The van der Waals surface area contributed by atoms with Gasteiger partial charge < -0.3 is 20.0 Å². The zero-order valence-electron chi connectivity index (χ0n) is 8.66. The van der Waals surface area contributed by atoms with Crippen molar-refractivity contribution in [2.75, 3.05) is 19.0 Å². The van der Waals surface area contributed by atoms with Crippen molar-refractivity contribution in [1.29, 1.82) is 0 Å². The largest absolute Gasteiger partial charge is 0.375 e. The fourth-order valence-corrected chi connectivity index (χ4v) is 1.44. The molecule has 0 saturated carbocycles. The summed E-state index contributed by atoms with van der Waals surface area (Å²) in [5, 5.41) is 2.64. The van der Waals surface area contributed by atoms with E-state index in [0.29, 0.717) is 16.7 Å². The Hall–Kier alpha value is -2.08. The summed E-state index contributed by atoms with van der Waals surface area (Å²) in [5.41, 5.74) is 1.70. The molecule has 6 heteroatoms. The van der Waals surface area contributed by atoms with Crippen LogP contribution in [0.25, 0.3) is 11.0 Å². The zero-order valence-corrected chi connectivity index (χ0v) is 8.66. The number of nitrogens with one attached hydrogen (secondary N) is 3. The SMILES string of the molecule is COCC(=O)Nc1ccc2[nH]c(=O)[nH]c2c1. The maximum Gasteiger partial charge on any atom is 0.323 e. The van der Waals surface area contributed by atoms with Gasteiger partial charge in [-0.15, -0.1) is 0 Å². The van der Waals surface area contributed by atoms with Crippen LogP contribution in [0.1, 0.15) is 0 Å². The number of benzene rings is 1. The number of amides is 1. The number of anilines is 1. The molecule has 84 valence electrons. The van der Waals surface area contributed by atoms with Crippen molar-refractivity contribution in [2.24, 2.45) is 0 Å². The van der Waals surface area contributed by atoms with Crippen LogP contribution in [-0.2, 0) is 9.53 Å². The van der Waals surface area contributed by atoms with E-state index < -0.39 is 0 Å². The minimum atomic E-state index is -0.268. The lowest BCUT2D eigenvalue weighted by molar-refractivity contribution is -0.119. The smallest absolute Gasteiger partial charge is 0.323 e. The normalized spacial score (nSPS) is 10.6. The molecule has 0 unspecified atom stereocenters. The predicted octanol–water partition coefficient (Wildman–Crippen LogP) is 0.441. The molecule has 16 heavy (non-hydrogen) atoms. The lowest BCUT2D eigenvalue weighted by atomic mass is 10.3. The highest BCUT2D eigenvalue weighted by molar-refractivity contribution is 5.93. The van der Waals surface area contributed by atoms with Crippen LogP contribution in [0.4, 0.5) is 5.69 Å². The molecule has 1 heterocycles. The van der Waals surface area contributed by atoms with Crippen LogP contribution >= 0.6 is 0 Å². The predicted molar refractivity (Wildman–Crippen MR) is 59.4 cm³/mol. The van der Waals surface area contributed by atoms with E-state index in [4.69, 9.17) is 4.74 Å². The summed E-state index contributed by atoms with van der Waals surface area (Å²) >= 11 is 0. The molecule has 0 aliphatic heterocycles. The second-order valence-electron chi connectivity index (χ2n) is 3.32. The number of fused-ring (bicyclic) bond motifs is 1. The van der Waals surface area contributed by atoms with Gasteiger partial charge in [0.05, 0.1) is 11.0 Å². The molecule has 0 aliphatic rings. The third-order valence-electron chi connectivity index (χ3n) is 2.08. The number of ether oxygens (including phenoxy) is 1. The standard InChI is InChI=1S/C10H11N3O3/c1-16-5-9(14)11-6-2-3-7-8(4-6)13-10(15)12-7/h2-4H,5H2,1H3,(H,11,14)(H2,12,13,15). The number of H-pyrrole nitrogens is 2. The Bertz CT molecular complexity index is 570. The first-order valence-electron chi connectivity index (χ1n) is 4.70. The van der Waals surface area contributed by atoms with Crippen molar-refractivity contribution < 1.29 is 9.53 Å². The molecule has 1 amide bonds. The van der Waals surface area contributed by atoms with Gasteiger partial charge in [0.2, 0.25) is 5.91 Å². The molecule has 6 nitrogen and oxygen atoms in total. The number of hydrogen-bond donors (Lipinski definition) is 3. The Kier molecular flexibility index (Phi) is 2.74. The van der Waals surface area contributed by atoms with Gasteiger partial charge in [-0.1, -0.05) is 0 Å². The third-order valence-corrected chi connectivity index (χ3v) is 2.08. The van der Waals surface area contributed by atoms with E-state index in [9.17, 15) is 9.59 Å². The molecule has 0 radical (unpaired) electrons. The number of hydrogen-bond acceptors (Lipinski definition) is 3. The van der Waals surface area contributed by atoms with Crippen LogP contribution in [0, 0.1) is 0 Å². The topological polar surface area (TPSA) is 87.0 Å². The van der Waals surface area contributed by atoms with Crippen LogP contribution < -0.4 is 11.0 Å². The summed E-state index contributed by atoms with van der Waals surface area (Å²) in [6, 6.07) is 5.11. The molecule has 0 bridgehead atoms. The highest BCUT2D eigenvalue weighted by Gasteiger charge is 2.03. The van der Waals surface area contributed by atoms with E-state index in [1.54, 1.807) is 18.2 Å². The molecule has 0 aliphatic carbocycles. The Balaban J connectivity index is 2.25. The maximum atomic E-state index is 11.2. The van der Waals surface area contributed by atoms with Gasteiger partial charge in [-0.25, -0.2) is 4.79 Å². The molecule has 0 spiro atoms. The molecule has 0 saturated heterocycles. The molecule has 3 N–H and O–H groups in total. The molecule has 1 aromatic heterocycles. The molecule has 1 aromatic carbocycles. The molecular formula is C10H11N3O3. The van der Waals surface area contributed by atoms with E-state index in [1.165, 1.54) is 7.11 Å². The minimum absolute atomic E-state index is 0.00168. The second-order valence-corrected chi connectivity index (χ2v) is 3.32. The monoisotopic (exact) mass is 221 g/mol. The fourth-order valence-electron chi connectivity index (χ4n) is 1.44. The molecule has 2 aromatic rings. The Morgan fingerprint density at radius 3 is 2.88 bits per heavy atom. The molecule has 2 rings (SSSR count). The number of rotatable bonds is 3. The Morgan fingerprint density at radius 1 is 1.38 bits per heavy atom. The van der Waals surface area contributed by atoms with E-state index in [0.717, 1.165) is 0 Å². The van der Waals surface area contributed by atoms with Gasteiger partial charge in [-0.05, 0) is 18.2 Å². The number of carbonyl (C=O) groups excluding carboxylic acids is 1. The fraction of sp³-hybridized carbons (Fsp3) is 0.200. The van der Waals surface area contributed by atoms with Crippen molar-refractivity contribution in [3.05, 3.63) is 28.7 Å². The summed E-state index contributed by atoms with van der Waals surface area (Å²) in [6.45, 7) is 0.00168. The summed E-state index contributed by atoms with van der Waals surface area (Å²) in [7, 11) is 1.45. The second kappa shape index (κ2) is 4.19. The Morgan fingerprint density at radius 2 is 2.12 bits per heavy atom. The number of carbonyl (C=O) groups is 1. The van der Waals surface area contributed by atoms with Gasteiger partial charge in [-0.2, -0.15) is 0 Å². The Labute approximate surface area is 90.6 Å². The number of aromatic amines is 2. The van der Waals surface area contributed by atoms with Gasteiger partial charge in [0.25, 0.3) is 0 Å². The van der Waals surface area contributed by atoms with E-state index in [2.05, 4.69) is 15.3 Å².